The lowest BCUT2D eigenvalue weighted by Gasteiger charge is -2.23. The maximum absolute atomic E-state index is 12.0. The van der Waals surface area contributed by atoms with Gasteiger partial charge < -0.3 is 14.7 Å². The fourth-order valence-corrected chi connectivity index (χ4v) is 2.63. The Morgan fingerprint density at radius 2 is 1.94 bits per heavy atom. The summed E-state index contributed by atoms with van der Waals surface area (Å²) in [6.45, 7) is 0.639. The van der Waals surface area contributed by atoms with E-state index >= 15 is 0 Å². The topological polar surface area (TPSA) is 49.8 Å². The van der Waals surface area contributed by atoms with Gasteiger partial charge in [-0.25, -0.2) is 0 Å². The lowest BCUT2D eigenvalue weighted by atomic mass is 9.96. The first kappa shape index (κ1) is 15.4. The summed E-state index contributed by atoms with van der Waals surface area (Å²) >= 11 is 0. The molecule has 18 heavy (non-hydrogen) atoms. The summed E-state index contributed by atoms with van der Waals surface area (Å²) < 4.78 is 4.86. The first-order valence-corrected chi connectivity index (χ1v) is 7.04. The van der Waals surface area contributed by atoms with Gasteiger partial charge in [0.05, 0.1) is 12.7 Å². The van der Waals surface area contributed by atoms with Crippen molar-refractivity contribution in [2.24, 2.45) is 5.92 Å². The molecule has 0 bridgehead atoms. The standard InChI is InChI=1S/C14H27NO3/c1-15(10-13(16)11-18-2)14(17)9-12-7-5-3-4-6-8-12/h12-13,16H,3-11H2,1-2H3/t13-/m1/s1. The Hall–Kier alpha value is -0.610. The molecule has 0 aromatic carbocycles. The quantitative estimate of drug-likeness (QED) is 0.738. The molecular weight excluding hydrogens is 230 g/mol. The zero-order chi connectivity index (χ0) is 13.4. The largest absolute Gasteiger partial charge is 0.389 e. The minimum Gasteiger partial charge on any atom is -0.389 e. The number of hydrogen-bond donors (Lipinski definition) is 1. The predicted molar refractivity (Wildman–Crippen MR) is 71.3 cm³/mol. The van der Waals surface area contributed by atoms with Crippen LogP contribution < -0.4 is 0 Å². The van der Waals surface area contributed by atoms with Crippen LogP contribution in [0.4, 0.5) is 0 Å². The fraction of sp³-hybridized carbons (Fsp3) is 0.929. The molecule has 1 aliphatic rings. The lowest BCUT2D eigenvalue weighted by Crippen LogP contribution is -2.37. The van der Waals surface area contributed by atoms with E-state index in [0.717, 1.165) is 0 Å². The van der Waals surface area contributed by atoms with Crippen molar-refractivity contribution in [3.05, 3.63) is 0 Å². The third-order valence-corrected chi connectivity index (χ3v) is 3.71. The number of rotatable bonds is 6. The van der Waals surface area contributed by atoms with E-state index in [0.29, 0.717) is 18.9 Å². The first-order valence-electron chi connectivity index (χ1n) is 7.04. The van der Waals surface area contributed by atoms with Crippen molar-refractivity contribution in [1.82, 2.24) is 4.90 Å². The Morgan fingerprint density at radius 1 is 1.33 bits per heavy atom. The van der Waals surface area contributed by atoms with Crippen molar-refractivity contribution in [2.75, 3.05) is 27.3 Å². The first-order chi connectivity index (χ1) is 8.63. The molecule has 0 unspecified atom stereocenters. The molecule has 1 fully saturated rings. The molecule has 106 valence electrons. The number of aliphatic hydroxyl groups is 1. The number of likely N-dealkylation sites (N-methyl/N-ethyl adjacent to an activating group) is 1. The molecule has 1 saturated carbocycles. The maximum atomic E-state index is 12.0. The Labute approximate surface area is 110 Å². The normalized spacial score (nSPS) is 19.3. The molecule has 1 N–H and O–H groups in total. The van der Waals surface area contributed by atoms with Crippen LogP contribution in [-0.4, -0.2) is 49.3 Å². The van der Waals surface area contributed by atoms with E-state index < -0.39 is 6.10 Å². The van der Waals surface area contributed by atoms with Gasteiger partial charge in [-0.15, -0.1) is 0 Å². The second-order valence-corrected chi connectivity index (χ2v) is 5.45. The van der Waals surface area contributed by atoms with E-state index in [-0.39, 0.29) is 12.5 Å². The molecule has 1 rings (SSSR count). The van der Waals surface area contributed by atoms with Gasteiger partial charge in [0.2, 0.25) is 5.91 Å². The predicted octanol–water partition coefficient (Wildman–Crippen LogP) is 1.81. The summed E-state index contributed by atoms with van der Waals surface area (Å²) in [6, 6.07) is 0. The fourth-order valence-electron chi connectivity index (χ4n) is 2.63. The Morgan fingerprint density at radius 3 is 2.50 bits per heavy atom. The summed E-state index contributed by atoms with van der Waals surface area (Å²) in [4.78, 5) is 13.7. The molecule has 4 heteroatoms. The van der Waals surface area contributed by atoms with Gasteiger partial charge in [-0.1, -0.05) is 25.7 Å². The number of carbonyl (C=O) groups excluding carboxylic acids is 1. The smallest absolute Gasteiger partial charge is 0.222 e. The van der Waals surface area contributed by atoms with Gasteiger partial charge in [-0.05, 0) is 18.8 Å². The molecule has 0 radical (unpaired) electrons. The van der Waals surface area contributed by atoms with Crippen LogP contribution in [0.1, 0.15) is 44.9 Å². The van der Waals surface area contributed by atoms with Crippen molar-refractivity contribution >= 4 is 5.91 Å². The van der Waals surface area contributed by atoms with E-state index in [9.17, 15) is 9.90 Å². The van der Waals surface area contributed by atoms with Gasteiger partial charge in [0, 0.05) is 27.1 Å². The van der Waals surface area contributed by atoms with Crippen LogP contribution in [0.25, 0.3) is 0 Å². The maximum Gasteiger partial charge on any atom is 0.222 e. The van der Waals surface area contributed by atoms with Crippen LogP contribution in [0.15, 0.2) is 0 Å². The average Bonchev–Trinajstić information content (AvgIpc) is 2.57. The van der Waals surface area contributed by atoms with Crippen LogP contribution in [-0.2, 0) is 9.53 Å². The van der Waals surface area contributed by atoms with Crippen LogP contribution in [0.2, 0.25) is 0 Å². The molecule has 0 spiro atoms. The lowest BCUT2D eigenvalue weighted by molar-refractivity contribution is -0.132. The van der Waals surface area contributed by atoms with Crippen LogP contribution in [0.3, 0.4) is 0 Å². The molecule has 4 nitrogen and oxygen atoms in total. The molecule has 0 aromatic rings. The van der Waals surface area contributed by atoms with Gasteiger partial charge in [-0.2, -0.15) is 0 Å². The van der Waals surface area contributed by atoms with Crippen molar-refractivity contribution in [1.29, 1.82) is 0 Å². The van der Waals surface area contributed by atoms with Crippen molar-refractivity contribution < 1.29 is 14.6 Å². The van der Waals surface area contributed by atoms with Crippen LogP contribution in [0, 0.1) is 5.92 Å². The van der Waals surface area contributed by atoms with Crippen molar-refractivity contribution in [3.63, 3.8) is 0 Å². The van der Waals surface area contributed by atoms with Gasteiger partial charge in [0.15, 0.2) is 0 Å². The second-order valence-electron chi connectivity index (χ2n) is 5.45. The average molecular weight is 257 g/mol. The molecule has 0 aliphatic heterocycles. The third kappa shape index (κ3) is 5.83. The van der Waals surface area contributed by atoms with Gasteiger partial charge in [-0.3, -0.25) is 4.79 Å². The highest BCUT2D eigenvalue weighted by Gasteiger charge is 2.19. The number of amides is 1. The summed E-state index contributed by atoms with van der Waals surface area (Å²) in [5.41, 5.74) is 0. The molecule has 1 amide bonds. The molecule has 0 heterocycles. The molecule has 1 aliphatic carbocycles. The number of nitrogens with zero attached hydrogens (tertiary/aromatic N) is 1. The summed E-state index contributed by atoms with van der Waals surface area (Å²) in [7, 11) is 3.31. The number of aliphatic hydroxyl groups excluding tert-OH is 1. The number of methoxy groups -OCH3 is 1. The molecule has 1 atom stereocenters. The zero-order valence-electron chi connectivity index (χ0n) is 11.7. The Bertz CT molecular complexity index is 237. The second kappa shape index (κ2) is 8.48. The molecule has 0 saturated heterocycles. The SMILES string of the molecule is COC[C@H](O)CN(C)C(=O)CC1CCCCCC1. The number of ether oxygens (including phenoxy) is 1. The summed E-state index contributed by atoms with van der Waals surface area (Å²) in [5, 5.41) is 9.60. The Balaban J connectivity index is 2.29. The highest BCUT2D eigenvalue weighted by atomic mass is 16.5. The van der Waals surface area contributed by atoms with Gasteiger partial charge in [0.25, 0.3) is 0 Å². The molecule has 0 aromatic heterocycles. The number of carbonyl (C=O) groups is 1. The van der Waals surface area contributed by atoms with E-state index in [1.807, 2.05) is 0 Å². The van der Waals surface area contributed by atoms with Crippen molar-refractivity contribution in [3.8, 4) is 0 Å². The Kier molecular flexibility index (Phi) is 7.28. The highest BCUT2D eigenvalue weighted by molar-refractivity contribution is 5.76. The van der Waals surface area contributed by atoms with E-state index in [2.05, 4.69) is 0 Å². The summed E-state index contributed by atoms with van der Waals surface area (Å²) in [5.74, 6) is 0.694. The van der Waals surface area contributed by atoms with Crippen LogP contribution >= 0.6 is 0 Å². The minimum atomic E-state index is -0.585. The summed E-state index contributed by atoms with van der Waals surface area (Å²) in [6.07, 6.45) is 7.55. The third-order valence-electron chi connectivity index (χ3n) is 3.71. The van der Waals surface area contributed by atoms with Crippen LogP contribution in [0.5, 0.6) is 0 Å². The zero-order valence-corrected chi connectivity index (χ0v) is 11.7. The van der Waals surface area contributed by atoms with Gasteiger partial charge in [0.1, 0.15) is 0 Å². The van der Waals surface area contributed by atoms with E-state index in [4.69, 9.17) is 4.74 Å². The van der Waals surface area contributed by atoms with Gasteiger partial charge >= 0.3 is 0 Å². The monoisotopic (exact) mass is 257 g/mol. The minimum absolute atomic E-state index is 0.150. The van der Waals surface area contributed by atoms with Crippen molar-refractivity contribution in [2.45, 2.75) is 51.0 Å². The highest BCUT2D eigenvalue weighted by Crippen LogP contribution is 2.25. The van der Waals surface area contributed by atoms with E-state index in [1.165, 1.54) is 38.5 Å². The van der Waals surface area contributed by atoms with E-state index in [1.54, 1.807) is 19.1 Å². The molecular formula is C14H27NO3. The number of hydrogen-bond acceptors (Lipinski definition) is 3.